The Morgan fingerprint density at radius 3 is 2.82 bits per heavy atom. The van der Waals surface area contributed by atoms with Crippen molar-refractivity contribution in [3.05, 3.63) is 41.6 Å². The molecule has 1 amide bonds. The van der Waals surface area contributed by atoms with Crippen molar-refractivity contribution in [2.24, 2.45) is 0 Å². The van der Waals surface area contributed by atoms with Crippen LogP contribution in [0.15, 0.2) is 31.8 Å². The van der Waals surface area contributed by atoms with Crippen LogP contribution >= 0.6 is 54.5 Å². The Morgan fingerprint density at radius 2 is 2.24 bits per heavy atom. The van der Waals surface area contributed by atoms with Gasteiger partial charge in [0.05, 0.1) is 8.66 Å². The van der Waals surface area contributed by atoms with Gasteiger partial charge in [-0.25, -0.2) is 0 Å². The second kappa shape index (κ2) is 6.13. The van der Waals surface area contributed by atoms with Crippen LogP contribution in [0.25, 0.3) is 0 Å². The molecule has 0 bridgehead atoms. The van der Waals surface area contributed by atoms with E-state index < -0.39 is 0 Å². The summed E-state index contributed by atoms with van der Waals surface area (Å²) in [4.78, 5) is 13.8. The van der Waals surface area contributed by atoms with E-state index in [2.05, 4.69) is 43.2 Å². The Balaban J connectivity index is 1.85. The minimum Gasteiger partial charge on any atom is -0.351 e. The summed E-state index contributed by atoms with van der Waals surface area (Å²) >= 11 is 9.89. The molecule has 6 heteroatoms. The average molecular weight is 395 g/mol. The fraction of sp³-hybridized carbons (Fsp3) is 0.182. The van der Waals surface area contributed by atoms with Crippen LogP contribution in [-0.4, -0.2) is 12.5 Å². The van der Waals surface area contributed by atoms with E-state index in [1.54, 1.807) is 11.3 Å². The number of halogens is 2. The van der Waals surface area contributed by atoms with E-state index in [0.717, 1.165) is 19.6 Å². The summed E-state index contributed by atoms with van der Waals surface area (Å²) in [6, 6.07) is 5.93. The van der Waals surface area contributed by atoms with Gasteiger partial charge in [0.25, 0.3) is 5.91 Å². The first-order valence-electron chi connectivity index (χ1n) is 4.92. The Labute approximate surface area is 124 Å². The summed E-state index contributed by atoms with van der Waals surface area (Å²) in [7, 11) is 0. The molecule has 0 radical (unpaired) electrons. The van der Waals surface area contributed by atoms with Crippen molar-refractivity contribution in [2.75, 3.05) is 6.54 Å². The number of amides is 1. The molecule has 0 fully saturated rings. The predicted molar refractivity (Wildman–Crippen MR) is 80.1 cm³/mol. The van der Waals surface area contributed by atoms with Crippen LogP contribution in [-0.2, 0) is 6.42 Å². The van der Waals surface area contributed by atoms with Crippen molar-refractivity contribution in [1.29, 1.82) is 0 Å². The molecule has 0 saturated heterocycles. The normalized spacial score (nSPS) is 10.5. The summed E-state index contributed by atoms with van der Waals surface area (Å²) in [5.74, 6) is -0.0158. The van der Waals surface area contributed by atoms with E-state index in [9.17, 15) is 4.79 Å². The highest BCUT2D eigenvalue weighted by atomic mass is 79.9. The van der Waals surface area contributed by atoms with E-state index in [0.29, 0.717) is 6.54 Å². The Hall–Kier alpha value is -0.170. The lowest BCUT2D eigenvalue weighted by Crippen LogP contribution is -2.24. The highest BCUT2D eigenvalue weighted by Gasteiger charge is 2.11. The largest absolute Gasteiger partial charge is 0.351 e. The topological polar surface area (TPSA) is 29.1 Å². The molecule has 17 heavy (non-hydrogen) atoms. The van der Waals surface area contributed by atoms with Crippen LogP contribution in [0.5, 0.6) is 0 Å². The van der Waals surface area contributed by atoms with E-state index in [-0.39, 0.29) is 5.91 Å². The lowest BCUT2D eigenvalue weighted by molar-refractivity contribution is 0.0958. The van der Waals surface area contributed by atoms with Crippen LogP contribution in [0, 0.1) is 0 Å². The standard InChI is InChI=1S/C11H9Br2NOS2/c12-8-6-9(17-10(8)13)11(15)14-4-3-7-2-1-5-16-7/h1-2,5-6H,3-4H2,(H,14,15). The number of carbonyl (C=O) groups is 1. The van der Waals surface area contributed by atoms with Crippen molar-refractivity contribution in [3.8, 4) is 0 Å². The number of hydrogen-bond donors (Lipinski definition) is 1. The van der Waals surface area contributed by atoms with Gasteiger partial charge in [0, 0.05) is 15.9 Å². The van der Waals surface area contributed by atoms with Crippen molar-refractivity contribution in [3.63, 3.8) is 0 Å². The molecule has 0 spiro atoms. The summed E-state index contributed by atoms with van der Waals surface area (Å²) in [6.07, 6.45) is 0.886. The van der Waals surface area contributed by atoms with Gasteiger partial charge < -0.3 is 5.32 Å². The Morgan fingerprint density at radius 1 is 1.41 bits per heavy atom. The molecule has 0 saturated carbocycles. The van der Waals surface area contributed by atoms with Gasteiger partial charge >= 0.3 is 0 Å². The predicted octanol–water partition coefficient (Wildman–Crippen LogP) is 4.31. The molecule has 90 valence electrons. The molecule has 0 aliphatic carbocycles. The summed E-state index contributed by atoms with van der Waals surface area (Å²) in [6.45, 7) is 0.673. The maximum absolute atomic E-state index is 11.8. The average Bonchev–Trinajstić information content (AvgIpc) is 2.90. The first-order valence-corrected chi connectivity index (χ1v) is 8.20. The van der Waals surface area contributed by atoms with Gasteiger partial charge in [-0.05, 0) is 55.8 Å². The minimum atomic E-state index is -0.0158. The number of thiophene rings is 2. The maximum atomic E-state index is 11.8. The molecule has 0 aliphatic heterocycles. The first-order chi connectivity index (χ1) is 8.16. The van der Waals surface area contributed by atoms with Crippen molar-refractivity contribution < 1.29 is 4.79 Å². The number of hydrogen-bond acceptors (Lipinski definition) is 3. The summed E-state index contributed by atoms with van der Waals surface area (Å²) < 4.78 is 1.87. The fourth-order valence-electron chi connectivity index (χ4n) is 1.30. The third-order valence-corrected chi connectivity index (χ3v) is 6.30. The number of carbonyl (C=O) groups excluding carboxylic acids is 1. The highest BCUT2D eigenvalue weighted by molar-refractivity contribution is 9.13. The fourth-order valence-corrected chi connectivity index (χ4v) is 3.96. The summed E-state index contributed by atoms with van der Waals surface area (Å²) in [5.41, 5.74) is 0. The molecule has 0 atom stereocenters. The zero-order valence-electron chi connectivity index (χ0n) is 8.70. The van der Waals surface area contributed by atoms with Crippen LogP contribution in [0.1, 0.15) is 14.5 Å². The first kappa shape index (κ1) is 13.3. The second-order valence-electron chi connectivity index (χ2n) is 3.32. The Kier molecular flexibility index (Phi) is 4.78. The van der Waals surface area contributed by atoms with Crippen LogP contribution < -0.4 is 5.32 Å². The number of rotatable bonds is 4. The number of nitrogens with one attached hydrogen (secondary N) is 1. The molecule has 0 unspecified atom stereocenters. The van der Waals surface area contributed by atoms with Gasteiger partial charge in [-0.1, -0.05) is 6.07 Å². The highest BCUT2D eigenvalue weighted by Crippen LogP contribution is 2.32. The third kappa shape index (κ3) is 3.64. The molecule has 2 rings (SSSR count). The molecule has 1 N–H and O–H groups in total. The van der Waals surface area contributed by atoms with Gasteiger partial charge in [-0.2, -0.15) is 0 Å². The van der Waals surface area contributed by atoms with Gasteiger partial charge in [0.2, 0.25) is 0 Å². The van der Waals surface area contributed by atoms with Crippen molar-refractivity contribution >= 4 is 60.4 Å². The van der Waals surface area contributed by atoms with Gasteiger partial charge in [0.15, 0.2) is 0 Å². The van der Waals surface area contributed by atoms with Crippen LogP contribution in [0.4, 0.5) is 0 Å². The van der Waals surface area contributed by atoms with E-state index in [4.69, 9.17) is 0 Å². The monoisotopic (exact) mass is 393 g/mol. The van der Waals surface area contributed by atoms with Gasteiger partial charge in [-0.15, -0.1) is 22.7 Å². The zero-order valence-corrected chi connectivity index (χ0v) is 13.5. The molecular weight excluding hydrogens is 386 g/mol. The Bertz CT molecular complexity index is 488. The minimum absolute atomic E-state index is 0.0158. The smallest absolute Gasteiger partial charge is 0.261 e. The lowest BCUT2D eigenvalue weighted by atomic mass is 10.3. The van der Waals surface area contributed by atoms with Crippen LogP contribution in [0.3, 0.4) is 0 Å². The van der Waals surface area contributed by atoms with Gasteiger partial charge in [-0.3, -0.25) is 4.79 Å². The van der Waals surface area contributed by atoms with E-state index >= 15 is 0 Å². The molecule has 2 nitrogen and oxygen atoms in total. The van der Waals surface area contributed by atoms with Crippen molar-refractivity contribution in [1.82, 2.24) is 5.32 Å². The molecule has 2 aromatic heterocycles. The van der Waals surface area contributed by atoms with Crippen molar-refractivity contribution in [2.45, 2.75) is 6.42 Å². The molecule has 2 heterocycles. The molecule has 0 aliphatic rings. The maximum Gasteiger partial charge on any atom is 0.261 e. The van der Waals surface area contributed by atoms with Gasteiger partial charge in [0.1, 0.15) is 0 Å². The summed E-state index contributed by atoms with van der Waals surface area (Å²) in [5, 5.41) is 4.96. The molecular formula is C11H9Br2NOS2. The molecule has 0 aromatic carbocycles. The van der Waals surface area contributed by atoms with Crippen LogP contribution in [0.2, 0.25) is 0 Å². The third-order valence-electron chi connectivity index (χ3n) is 2.11. The van der Waals surface area contributed by atoms with E-state index in [1.165, 1.54) is 16.2 Å². The zero-order chi connectivity index (χ0) is 12.3. The lowest BCUT2D eigenvalue weighted by Gasteiger charge is -2.01. The second-order valence-corrected chi connectivity index (χ2v) is 7.57. The van der Waals surface area contributed by atoms with E-state index in [1.807, 2.05) is 17.5 Å². The quantitative estimate of drug-likeness (QED) is 0.822. The SMILES string of the molecule is O=C(NCCc1cccs1)c1cc(Br)c(Br)s1. The molecule has 2 aromatic rings.